The van der Waals surface area contributed by atoms with Crippen molar-refractivity contribution >= 4 is 26.6 Å². The molecule has 1 aromatic heterocycles. The quantitative estimate of drug-likeness (QED) is 0.469. The molecular weight excluding hydrogens is 391 g/mol. The zero-order valence-corrected chi connectivity index (χ0v) is 15.5. The second kappa shape index (κ2) is 7.44. The number of aromatic amines is 1. The number of rotatable bonds is 6. The highest BCUT2D eigenvalue weighted by atomic mass is 32.2. The van der Waals surface area contributed by atoms with E-state index < -0.39 is 33.1 Å². The van der Waals surface area contributed by atoms with E-state index >= 15 is 0 Å². The summed E-state index contributed by atoms with van der Waals surface area (Å²) < 4.78 is 37.5. The lowest BCUT2D eigenvalue weighted by atomic mass is 10.1. The van der Waals surface area contributed by atoms with Crippen LogP contribution in [0.1, 0.15) is 11.6 Å². The number of hydrogen-bond acceptors (Lipinski definition) is 6. The second-order valence-electron chi connectivity index (χ2n) is 6.10. The van der Waals surface area contributed by atoms with E-state index in [0.29, 0.717) is 10.2 Å². The minimum absolute atomic E-state index is 0.0922. The summed E-state index contributed by atoms with van der Waals surface area (Å²) in [4.78, 5) is 28.5. The molecule has 0 amide bonds. The van der Waals surface area contributed by atoms with Crippen LogP contribution in [-0.4, -0.2) is 36.0 Å². The number of nitrogens with zero attached hydrogens (tertiary/aromatic N) is 1. The van der Waals surface area contributed by atoms with Crippen LogP contribution in [-0.2, 0) is 10.0 Å². The third-order valence-corrected chi connectivity index (χ3v) is 4.47. The number of sulfonamides is 1. The average molecular weight is 408 g/mol. The SMILES string of the molecule is CS(=O)(=O)Nn1c(=O)[nH]c2cc(F)c(NC(CO)c3ccccc3)cc2c1=O. The molecule has 0 fully saturated rings. The van der Waals surface area contributed by atoms with Crippen molar-refractivity contribution < 1.29 is 17.9 Å². The van der Waals surface area contributed by atoms with Crippen molar-refractivity contribution in [3.8, 4) is 0 Å². The molecule has 11 heteroatoms. The molecule has 0 aliphatic carbocycles. The van der Waals surface area contributed by atoms with Gasteiger partial charge in [0.2, 0.25) is 10.0 Å². The molecule has 2 aromatic carbocycles. The number of halogens is 1. The summed E-state index contributed by atoms with van der Waals surface area (Å²) in [6.07, 6.45) is 0.784. The summed E-state index contributed by atoms with van der Waals surface area (Å²) in [6, 6.07) is 10.3. The van der Waals surface area contributed by atoms with Gasteiger partial charge in [0.25, 0.3) is 5.56 Å². The van der Waals surface area contributed by atoms with Gasteiger partial charge in [-0.15, -0.1) is 0 Å². The molecule has 1 heterocycles. The lowest BCUT2D eigenvalue weighted by molar-refractivity contribution is 0.276. The predicted molar refractivity (Wildman–Crippen MR) is 103 cm³/mol. The number of aliphatic hydroxyl groups excluding tert-OH is 1. The van der Waals surface area contributed by atoms with Gasteiger partial charge in [-0.05, 0) is 11.6 Å². The molecule has 0 spiro atoms. The number of aromatic nitrogens is 2. The zero-order valence-electron chi connectivity index (χ0n) is 14.6. The lowest BCUT2D eigenvalue weighted by Gasteiger charge is -2.19. The highest BCUT2D eigenvalue weighted by Crippen LogP contribution is 2.24. The number of fused-ring (bicyclic) bond motifs is 1. The maximum Gasteiger partial charge on any atom is 0.348 e. The molecule has 148 valence electrons. The van der Waals surface area contributed by atoms with Crippen LogP contribution >= 0.6 is 0 Å². The molecule has 0 saturated heterocycles. The topological polar surface area (TPSA) is 133 Å². The summed E-state index contributed by atoms with van der Waals surface area (Å²) in [5, 5.41) is 12.3. The zero-order chi connectivity index (χ0) is 20.5. The van der Waals surface area contributed by atoms with Crippen molar-refractivity contribution in [1.82, 2.24) is 9.66 Å². The number of anilines is 1. The van der Waals surface area contributed by atoms with Gasteiger partial charge in [0.1, 0.15) is 5.82 Å². The molecular formula is C17H17FN4O5S. The third-order valence-electron chi connectivity index (χ3n) is 3.96. The van der Waals surface area contributed by atoms with E-state index in [1.165, 1.54) is 0 Å². The van der Waals surface area contributed by atoms with Crippen LogP contribution in [0.25, 0.3) is 10.9 Å². The normalized spacial score (nSPS) is 12.7. The highest BCUT2D eigenvalue weighted by Gasteiger charge is 2.17. The van der Waals surface area contributed by atoms with Crippen LogP contribution < -0.4 is 21.4 Å². The smallest absolute Gasteiger partial charge is 0.348 e. The fourth-order valence-electron chi connectivity index (χ4n) is 2.70. The number of nitrogens with one attached hydrogen (secondary N) is 3. The third kappa shape index (κ3) is 4.05. The number of hydrogen-bond donors (Lipinski definition) is 4. The van der Waals surface area contributed by atoms with Crippen molar-refractivity contribution in [2.45, 2.75) is 6.04 Å². The average Bonchev–Trinajstić information content (AvgIpc) is 2.64. The Kier molecular flexibility index (Phi) is 5.21. The molecule has 0 aliphatic rings. The second-order valence-corrected chi connectivity index (χ2v) is 7.83. The van der Waals surface area contributed by atoms with E-state index in [1.54, 1.807) is 35.2 Å². The number of benzene rings is 2. The van der Waals surface area contributed by atoms with Crippen molar-refractivity contribution in [2.24, 2.45) is 0 Å². The molecule has 0 bridgehead atoms. The maximum atomic E-state index is 14.5. The number of aliphatic hydroxyl groups is 1. The fourth-order valence-corrected chi connectivity index (χ4v) is 3.20. The van der Waals surface area contributed by atoms with Gasteiger partial charge >= 0.3 is 5.69 Å². The van der Waals surface area contributed by atoms with Gasteiger partial charge in [0.15, 0.2) is 0 Å². The van der Waals surface area contributed by atoms with Crippen LogP contribution in [0.5, 0.6) is 0 Å². The standard InChI is InChI=1S/C17H17FN4O5S/c1-28(26,27)21-22-16(24)11-7-14(12(18)8-13(11)20-17(22)25)19-15(9-23)10-5-3-2-4-6-10/h2-8,15,19,21,23H,9H2,1H3,(H,20,25). The van der Waals surface area contributed by atoms with Gasteiger partial charge < -0.3 is 15.4 Å². The van der Waals surface area contributed by atoms with E-state index in [2.05, 4.69) is 10.3 Å². The van der Waals surface area contributed by atoms with E-state index in [9.17, 15) is 27.5 Å². The van der Waals surface area contributed by atoms with E-state index in [-0.39, 0.29) is 23.2 Å². The minimum Gasteiger partial charge on any atom is -0.394 e. The summed E-state index contributed by atoms with van der Waals surface area (Å²) in [5.41, 5.74) is -1.51. The first-order valence-electron chi connectivity index (χ1n) is 8.08. The molecule has 28 heavy (non-hydrogen) atoms. The van der Waals surface area contributed by atoms with Crippen LogP contribution in [0.4, 0.5) is 10.1 Å². The molecule has 1 unspecified atom stereocenters. The van der Waals surface area contributed by atoms with Crippen LogP contribution in [0.15, 0.2) is 52.1 Å². The van der Waals surface area contributed by atoms with Crippen molar-refractivity contribution in [3.05, 3.63) is 74.7 Å². The summed E-state index contributed by atoms with van der Waals surface area (Å²) in [7, 11) is -3.90. The van der Waals surface area contributed by atoms with Gasteiger partial charge in [-0.2, -0.15) is 4.68 Å². The van der Waals surface area contributed by atoms with E-state index in [1.807, 2.05) is 0 Å². The first kappa shape index (κ1) is 19.6. The molecule has 4 N–H and O–H groups in total. The van der Waals surface area contributed by atoms with Gasteiger partial charge in [0.05, 0.1) is 35.5 Å². The first-order chi connectivity index (χ1) is 13.2. The Labute approximate surface area is 158 Å². The Balaban J connectivity index is 2.10. The highest BCUT2D eigenvalue weighted by molar-refractivity contribution is 7.91. The predicted octanol–water partition coefficient (Wildman–Crippen LogP) is 0.477. The Morgan fingerprint density at radius 3 is 2.50 bits per heavy atom. The van der Waals surface area contributed by atoms with Crippen molar-refractivity contribution in [1.29, 1.82) is 0 Å². The van der Waals surface area contributed by atoms with Crippen LogP contribution in [0.3, 0.4) is 0 Å². The fraction of sp³-hybridized carbons (Fsp3) is 0.176. The Hall–Kier alpha value is -3.18. The number of H-pyrrole nitrogens is 1. The molecule has 0 saturated carbocycles. The molecule has 0 aliphatic heterocycles. The summed E-state index contributed by atoms with van der Waals surface area (Å²) in [6.45, 7) is -0.340. The maximum absolute atomic E-state index is 14.5. The molecule has 1 atom stereocenters. The Morgan fingerprint density at radius 2 is 1.89 bits per heavy atom. The van der Waals surface area contributed by atoms with Gasteiger partial charge in [-0.1, -0.05) is 30.3 Å². The van der Waals surface area contributed by atoms with Gasteiger partial charge in [-0.3, -0.25) is 4.79 Å². The summed E-state index contributed by atoms with van der Waals surface area (Å²) >= 11 is 0. The van der Waals surface area contributed by atoms with Gasteiger partial charge in [-0.25, -0.2) is 22.4 Å². The van der Waals surface area contributed by atoms with Crippen molar-refractivity contribution in [2.75, 3.05) is 23.0 Å². The summed E-state index contributed by atoms with van der Waals surface area (Å²) in [5.74, 6) is -0.759. The molecule has 9 nitrogen and oxygen atoms in total. The molecule has 3 rings (SSSR count). The monoisotopic (exact) mass is 408 g/mol. The van der Waals surface area contributed by atoms with Gasteiger partial charge in [0, 0.05) is 6.07 Å². The van der Waals surface area contributed by atoms with E-state index in [0.717, 1.165) is 18.4 Å². The van der Waals surface area contributed by atoms with Crippen molar-refractivity contribution in [3.63, 3.8) is 0 Å². The minimum atomic E-state index is -3.90. The first-order valence-corrected chi connectivity index (χ1v) is 9.97. The Bertz CT molecular complexity index is 1240. The lowest BCUT2D eigenvalue weighted by Crippen LogP contribution is -2.43. The van der Waals surface area contributed by atoms with E-state index in [4.69, 9.17) is 0 Å². The molecule has 3 aromatic rings. The Morgan fingerprint density at radius 1 is 1.21 bits per heavy atom. The van der Waals surface area contributed by atoms with Crippen LogP contribution in [0, 0.1) is 5.82 Å². The molecule has 0 radical (unpaired) electrons. The van der Waals surface area contributed by atoms with Crippen LogP contribution in [0.2, 0.25) is 0 Å². The largest absolute Gasteiger partial charge is 0.394 e.